The molecule has 0 aliphatic carbocycles. The Morgan fingerprint density at radius 3 is 0.408 bits per heavy atom. The molecular weight excluding hydrogens is 1200 g/mol. The fourth-order valence-corrected chi connectivity index (χ4v) is 16.7. The van der Waals surface area contributed by atoms with E-state index < -0.39 is 0 Å². The standard InChI is InChI=1S/3C14H28N2.2C13H26N2.10C2H6/c1-11(2)5-15-7-13-9-16(6-12(3)4)10-14(13)8-15;2*1-11(2)7-15-9-14-6-5-13(15)10-16(14)8-12(3)4;2*1-10(2)6-14-8-13-5-12(14)9-15(13)7-11(3)4;10*1-2/h3*11-14H,5-10H2,1-4H3;2*10-13H,5-9H2,1-4H3;10*1-2H3. The first kappa shape index (κ1) is 106. The average Bonchev–Trinajstić information content (AvgIpc) is 0.997. The van der Waals surface area contributed by atoms with Crippen molar-refractivity contribution in [2.75, 3.05) is 144 Å². The van der Waals surface area contributed by atoms with Crippen LogP contribution in [0.4, 0.5) is 0 Å². The van der Waals surface area contributed by atoms with Gasteiger partial charge in [0, 0.05) is 192 Å². The van der Waals surface area contributed by atoms with E-state index in [0.717, 1.165) is 119 Å². The topological polar surface area (TPSA) is 32.4 Å². The van der Waals surface area contributed by atoms with Crippen molar-refractivity contribution in [1.29, 1.82) is 0 Å². The highest BCUT2D eigenvalue weighted by molar-refractivity contribution is 5.02. The largest absolute Gasteiger partial charge is 0.302 e. The van der Waals surface area contributed by atoms with Crippen LogP contribution in [-0.2, 0) is 0 Å². The van der Waals surface area contributed by atoms with E-state index in [4.69, 9.17) is 0 Å². The van der Waals surface area contributed by atoms with Gasteiger partial charge in [0.1, 0.15) is 0 Å². The van der Waals surface area contributed by atoms with E-state index in [-0.39, 0.29) is 0 Å². The lowest BCUT2D eigenvalue weighted by molar-refractivity contribution is -0.0302. The van der Waals surface area contributed by atoms with Crippen molar-refractivity contribution >= 4 is 0 Å². The molecule has 12 fully saturated rings. The Morgan fingerprint density at radius 2 is 0.296 bits per heavy atom. The summed E-state index contributed by atoms with van der Waals surface area (Å²) in [7, 11) is 0. The van der Waals surface area contributed by atoms with E-state index in [0.29, 0.717) is 0 Å². The summed E-state index contributed by atoms with van der Waals surface area (Å²) in [6, 6.07) is 6.90. The first-order valence-electron chi connectivity index (χ1n) is 44.2. The molecule has 8 unspecified atom stereocenters. The van der Waals surface area contributed by atoms with Crippen LogP contribution >= 0.6 is 0 Å². The van der Waals surface area contributed by atoms with Crippen LogP contribution in [0.3, 0.4) is 0 Å². The molecule has 0 aromatic heterocycles. The molecule has 10 nitrogen and oxygen atoms in total. The molecule has 0 aromatic carbocycles. The summed E-state index contributed by atoms with van der Waals surface area (Å²) in [5.41, 5.74) is 0. The molecule has 0 saturated carbocycles. The molecule has 8 atom stereocenters. The highest BCUT2D eigenvalue weighted by Crippen LogP contribution is 2.35. The number of likely N-dealkylation sites (tertiary alicyclic amines) is 6. The summed E-state index contributed by atoms with van der Waals surface area (Å²) in [4.78, 5) is 27.2. The summed E-state index contributed by atoms with van der Waals surface area (Å²) >= 11 is 0. The highest BCUT2D eigenvalue weighted by Gasteiger charge is 2.45. The second kappa shape index (κ2) is 63.8. The molecule has 0 amide bonds. The van der Waals surface area contributed by atoms with Gasteiger partial charge in [0.2, 0.25) is 0 Å². The van der Waals surface area contributed by atoms with Crippen molar-refractivity contribution in [2.45, 2.75) is 364 Å². The summed E-state index contributed by atoms with van der Waals surface area (Å²) in [5.74, 6) is 10.1. The molecule has 98 heavy (non-hydrogen) atoms. The molecule has 12 aliphatic heterocycles. The first-order chi connectivity index (χ1) is 46.8. The number of piperidine rings is 4. The predicted octanol–water partition coefficient (Wildman–Crippen LogP) is 21.4. The predicted molar refractivity (Wildman–Crippen MR) is 452 cm³/mol. The summed E-state index contributed by atoms with van der Waals surface area (Å²) in [6.45, 7) is 116. The number of fused-ring (bicyclic) bond motifs is 11. The molecule has 8 bridgehead atoms. The third kappa shape index (κ3) is 42.7. The number of piperazine rings is 4. The molecule has 0 aromatic rings. The third-order valence-corrected chi connectivity index (χ3v) is 19.1. The smallest absolute Gasteiger partial charge is 0.0239 e. The quantitative estimate of drug-likeness (QED) is 0.118. The lowest BCUT2D eigenvalue weighted by Crippen LogP contribution is -2.63. The van der Waals surface area contributed by atoms with Crippen molar-refractivity contribution < 1.29 is 0 Å². The summed E-state index contributed by atoms with van der Waals surface area (Å²) in [5, 5.41) is 0. The van der Waals surface area contributed by atoms with Gasteiger partial charge in [0.15, 0.2) is 0 Å². The van der Waals surface area contributed by atoms with E-state index in [2.05, 4.69) is 187 Å². The minimum atomic E-state index is 0.817. The van der Waals surface area contributed by atoms with Gasteiger partial charge >= 0.3 is 0 Å². The zero-order valence-corrected chi connectivity index (χ0v) is 75.8. The summed E-state index contributed by atoms with van der Waals surface area (Å²) < 4.78 is 0. The zero-order valence-electron chi connectivity index (χ0n) is 75.8. The van der Waals surface area contributed by atoms with Gasteiger partial charge in [-0.05, 0) is 110 Å². The second-order valence-corrected chi connectivity index (χ2v) is 32.4. The van der Waals surface area contributed by atoms with Crippen molar-refractivity contribution in [1.82, 2.24) is 49.0 Å². The van der Waals surface area contributed by atoms with E-state index in [1.807, 2.05) is 138 Å². The Morgan fingerprint density at radius 1 is 0.173 bits per heavy atom. The lowest BCUT2D eigenvalue weighted by Gasteiger charge is -2.52. The SMILES string of the molecule is CC.CC.CC.CC.CC.CC.CC.CC.CC.CC.CC(C)CN1CC2CC1CN2CC(C)C.CC(C)CN1CC2CC1CN2CC(C)C.CC(C)CN1CC2CCC1CN2CC(C)C.CC(C)CN1CC2CCC1CN2CC(C)C.CC(C)CN1CC2CN(CC(C)C)CC2C1. The van der Waals surface area contributed by atoms with Gasteiger partial charge in [-0.3, -0.25) is 39.2 Å². The van der Waals surface area contributed by atoms with Gasteiger partial charge < -0.3 is 9.80 Å². The molecule has 12 heterocycles. The van der Waals surface area contributed by atoms with Crippen LogP contribution < -0.4 is 0 Å². The molecule has 12 rings (SSSR count). The fourth-order valence-electron chi connectivity index (χ4n) is 16.7. The highest BCUT2D eigenvalue weighted by atomic mass is 15.4. The molecular formula is C88H196N10. The van der Waals surface area contributed by atoms with Crippen LogP contribution in [0.1, 0.15) is 315 Å². The normalized spacial score (nSPS) is 26.1. The molecule has 598 valence electrons. The fraction of sp³-hybridized carbons (Fsp3) is 1.00. The molecule has 0 N–H and O–H groups in total. The number of nitrogens with zero attached hydrogens (tertiary/aromatic N) is 10. The molecule has 12 aliphatic rings. The van der Waals surface area contributed by atoms with Gasteiger partial charge in [-0.25, -0.2) is 0 Å². The van der Waals surface area contributed by atoms with E-state index >= 15 is 0 Å². The minimum Gasteiger partial charge on any atom is -0.302 e. The van der Waals surface area contributed by atoms with E-state index in [1.165, 1.54) is 183 Å². The Hall–Kier alpha value is -0.400. The van der Waals surface area contributed by atoms with Crippen molar-refractivity contribution in [3.63, 3.8) is 0 Å². The first-order valence-corrected chi connectivity index (χ1v) is 44.2. The van der Waals surface area contributed by atoms with Crippen molar-refractivity contribution in [3.05, 3.63) is 0 Å². The van der Waals surface area contributed by atoms with Crippen molar-refractivity contribution in [2.24, 2.45) is 71.0 Å². The maximum Gasteiger partial charge on any atom is 0.0239 e. The maximum atomic E-state index is 2.75. The van der Waals surface area contributed by atoms with Crippen molar-refractivity contribution in [3.8, 4) is 0 Å². The average molecular weight is 1390 g/mol. The van der Waals surface area contributed by atoms with Crippen LogP contribution in [0, 0.1) is 71.0 Å². The minimum absolute atomic E-state index is 0.817. The molecule has 10 heteroatoms. The third-order valence-electron chi connectivity index (χ3n) is 19.1. The van der Waals surface area contributed by atoms with Gasteiger partial charge in [0.05, 0.1) is 0 Å². The Bertz CT molecular complexity index is 1430. The van der Waals surface area contributed by atoms with E-state index in [1.54, 1.807) is 0 Å². The molecule has 0 spiro atoms. The van der Waals surface area contributed by atoms with Crippen LogP contribution in [0.25, 0.3) is 0 Å². The van der Waals surface area contributed by atoms with Gasteiger partial charge in [-0.15, -0.1) is 0 Å². The van der Waals surface area contributed by atoms with Crippen LogP contribution in [0.2, 0.25) is 0 Å². The number of rotatable bonds is 20. The number of hydrogen-bond donors (Lipinski definition) is 0. The molecule has 12 saturated heterocycles. The number of hydrogen-bond acceptors (Lipinski definition) is 10. The van der Waals surface area contributed by atoms with Gasteiger partial charge in [-0.2, -0.15) is 0 Å². The Labute approximate surface area is 624 Å². The maximum absolute atomic E-state index is 2.75. The van der Waals surface area contributed by atoms with Gasteiger partial charge in [-0.1, -0.05) is 277 Å². The van der Waals surface area contributed by atoms with E-state index in [9.17, 15) is 0 Å². The van der Waals surface area contributed by atoms with Crippen LogP contribution in [-0.4, -0.2) is 241 Å². The van der Waals surface area contributed by atoms with Crippen LogP contribution in [0.5, 0.6) is 0 Å². The van der Waals surface area contributed by atoms with Gasteiger partial charge in [0.25, 0.3) is 0 Å². The monoisotopic (exact) mass is 1390 g/mol. The summed E-state index contributed by atoms with van der Waals surface area (Å²) in [6.07, 6.45) is 8.61. The zero-order chi connectivity index (χ0) is 77.1. The lowest BCUT2D eigenvalue weighted by atomic mass is 9.89. The van der Waals surface area contributed by atoms with Crippen LogP contribution in [0.15, 0.2) is 0 Å². The second-order valence-electron chi connectivity index (χ2n) is 32.4. The molecule has 0 radical (unpaired) electrons. The Balaban J connectivity index is -0.000000345. The Kier molecular flexibility index (Phi) is 69.2.